The molecule has 2 heterocycles. The Labute approximate surface area is 129 Å². The fourth-order valence-corrected chi connectivity index (χ4v) is 4.53. The number of rotatable bonds is 3. The molecule has 3 rings (SSSR count). The van der Waals surface area contributed by atoms with Crippen molar-refractivity contribution >= 4 is 10.0 Å². The van der Waals surface area contributed by atoms with Gasteiger partial charge in [0.1, 0.15) is 11.3 Å². The van der Waals surface area contributed by atoms with E-state index in [0.29, 0.717) is 17.7 Å². The van der Waals surface area contributed by atoms with E-state index in [0.717, 1.165) is 5.56 Å². The van der Waals surface area contributed by atoms with Crippen LogP contribution in [0.3, 0.4) is 0 Å². The predicted octanol–water partition coefficient (Wildman–Crippen LogP) is 0.704. The monoisotopic (exact) mass is 322 g/mol. The lowest BCUT2D eigenvalue weighted by Crippen LogP contribution is -2.35. The molecule has 1 fully saturated rings. The van der Waals surface area contributed by atoms with Gasteiger partial charge in [-0.05, 0) is 31.9 Å². The van der Waals surface area contributed by atoms with Crippen molar-refractivity contribution in [3.05, 3.63) is 41.2 Å². The van der Waals surface area contributed by atoms with Gasteiger partial charge in [0, 0.05) is 13.1 Å². The summed E-state index contributed by atoms with van der Waals surface area (Å²) in [4.78, 5) is 0.280. The Balaban J connectivity index is 1.92. The first-order chi connectivity index (χ1) is 10.3. The largest absolute Gasteiger partial charge is 0.382 e. The zero-order chi connectivity index (χ0) is 16.0. The molecule has 1 aliphatic heterocycles. The number of nitrogens with zero attached hydrogens (tertiary/aromatic N) is 3. The van der Waals surface area contributed by atoms with Gasteiger partial charge in [-0.2, -0.15) is 19.7 Å². The molecule has 1 atom stereocenters. The number of nitrogens with one attached hydrogen (secondary N) is 1. The second-order valence-corrected chi connectivity index (χ2v) is 7.65. The summed E-state index contributed by atoms with van der Waals surface area (Å²) in [7, 11) is -3.63. The molecule has 2 aromatic rings. The molecule has 0 radical (unpaired) electrons. The minimum Gasteiger partial charge on any atom is -0.382 e. The molecule has 22 heavy (non-hydrogen) atoms. The standard InChI is InChI=1S/C14H18N4O3S/c1-10-3-4-12(11(2)7-10)22(20,21)18-6-5-14(19,9-18)13-8-15-17-16-13/h3-4,7-8,19H,5-6,9H2,1-2H3,(H,15,16,17)/t14-/m1/s1. The third kappa shape index (κ3) is 2.43. The maximum atomic E-state index is 12.8. The number of hydrogen-bond donors (Lipinski definition) is 2. The minimum absolute atomic E-state index is 0.0187. The van der Waals surface area contributed by atoms with Gasteiger partial charge in [-0.3, -0.25) is 0 Å². The van der Waals surface area contributed by atoms with E-state index >= 15 is 0 Å². The van der Waals surface area contributed by atoms with E-state index in [1.807, 2.05) is 13.0 Å². The van der Waals surface area contributed by atoms with Crippen molar-refractivity contribution in [3.8, 4) is 0 Å². The van der Waals surface area contributed by atoms with E-state index in [1.165, 1.54) is 10.5 Å². The van der Waals surface area contributed by atoms with E-state index < -0.39 is 15.6 Å². The fraction of sp³-hybridized carbons (Fsp3) is 0.429. The predicted molar refractivity (Wildman–Crippen MR) is 79.6 cm³/mol. The molecule has 118 valence electrons. The highest BCUT2D eigenvalue weighted by atomic mass is 32.2. The number of benzene rings is 1. The summed E-state index contributed by atoms with van der Waals surface area (Å²) >= 11 is 0. The fourth-order valence-electron chi connectivity index (χ4n) is 2.83. The van der Waals surface area contributed by atoms with Gasteiger partial charge in [-0.1, -0.05) is 17.7 Å². The van der Waals surface area contributed by atoms with Crippen LogP contribution in [0.1, 0.15) is 23.2 Å². The topological polar surface area (TPSA) is 99.2 Å². The summed E-state index contributed by atoms with van der Waals surface area (Å²) < 4.78 is 26.9. The van der Waals surface area contributed by atoms with E-state index in [9.17, 15) is 13.5 Å². The second kappa shape index (κ2) is 5.15. The van der Waals surface area contributed by atoms with Crippen LogP contribution in [-0.4, -0.2) is 46.3 Å². The smallest absolute Gasteiger partial charge is 0.243 e. The summed E-state index contributed by atoms with van der Waals surface area (Å²) in [6, 6.07) is 5.24. The highest BCUT2D eigenvalue weighted by molar-refractivity contribution is 7.89. The van der Waals surface area contributed by atoms with E-state index in [4.69, 9.17) is 0 Å². The highest BCUT2D eigenvalue weighted by Gasteiger charge is 2.44. The van der Waals surface area contributed by atoms with Crippen LogP contribution in [-0.2, 0) is 15.6 Å². The first-order valence-electron chi connectivity index (χ1n) is 6.99. The van der Waals surface area contributed by atoms with Crippen molar-refractivity contribution in [1.82, 2.24) is 19.7 Å². The maximum absolute atomic E-state index is 12.8. The summed E-state index contributed by atoms with van der Waals surface area (Å²) in [5, 5.41) is 20.6. The van der Waals surface area contributed by atoms with Gasteiger partial charge >= 0.3 is 0 Å². The van der Waals surface area contributed by atoms with Crippen LogP contribution in [0.4, 0.5) is 0 Å². The van der Waals surface area contributed by atoms with E-state index in [1.54, 1.807) is 19.1 Å². The van der Waals surface area contributed by atoms with Crippen molar-refractivity contribution in [2.24, 2.45) is 0 Å². The van der Waals surface area contributed by atoms with Crippen LogP contribution in [0.25, 0.3) is 0 Å². The van der Waals surface area contributed by atoms with Crippen LogP contribution < -0.4 is 0 Å². The van der Waals surface area contributed by atoms with Gasteiger partial charge < -0.3 is 5.11 Å². The number of aliphatic hydroxyl groups is 1. The lowest BCUT2D eigenvalue weighted by molar-refractivity contribution is 0.0485. The molecule has 0 unspecified atom stereocenters. The van der Waals surface area contributed by atoms with Crippen LogP contribution in [0.15, 0.2) is 29.3 Å². The van der Waals surface area contributed by atoms with Gasteiger partial charge in [0.05, 0.1) is 11.1 Å². The van der Waals surface area contributed by atoms with Crippen molar-refractivity contribution in [2.75, 3.05) is 13.1 Å². The summed E-state index contributed by atoms with van der Waals surface area (Å²) in [5.41, 5.74) is 0.790. The summed E-state index contributed by atoms with van der Waals surface area (Å²) in [6.07, 6.45) is 1.72. The number of sulfonamides is 1. The number of aryl methyl sites for hydroxylation is 2. The number of aromatic amines is 1. The molecule has 0 aliphatic carbocycles. The molecule has 1 saturated heterocycles. The SMILES string of the molecule is Cc1ccc(S(=O)(=O)N2CC[C@](O)(c3cn[nH]n3)C2)c(C)c1. The molecule has 2 N–H and O–H groups in total. The molecule has 1 aromatic heterocycles. The molecule has 0 amide bonds. The summed E-state index contributed by atoms with van der Waals surface area (Å²) in [5.74, 6) is 0. The normalized spacial score (nSPS) is 23.0. The van der Waals surface area contributed by atoms with Gasteiger partial charge in [0.25, 0.3) is 0 Å². The summed E-state index contributed by atoms with van der Waals surface area (Å²) in [6.45, 7) is 3.93. The van der Waals surface area contributed by atoms with Crippen molar-refractivity contribution in [3.63, 3.8) is 0 Å². The number of H-pyrrole nitrogens is 1. The van der Waals surface area contributed by atoms with E-state index in [-0.39, 0.29) is 18.0 Å². The second-order valence-electron chi connectivity index (χ2n) is 5.74. The zero-order valence-electron chi connectivity index (χ0n) is 12.4. The molecule has 1 aliphatic rings. The number of aromatic nitrogens is 3. The molecule has 8 heteroatoms. The Bertz CT molecular complexity index is 788. The van der Waals surface area contributed by atoms with Crippen molar-refractivity contribution in [1.29, 1.82) is 0 Å². The number of β-amino-alcohol motifs (C(OH)–C–C–N with tert-alkyl or cyclic N) is 1. The lowest BCUT2D eigenvalue weighted by atomic mass is 10.0. The van der Waals surface area contributed by atoms with Crippen molar-refractivity contribution < 1.29 is 13.5 Å². The molecular weight excluding hydrogens is 304 g/mol. The molecule has 0 saturated carbocycles. The molecular formula is C14H18N4O3S. The van der Waals surface area contributed by atoms with Crippen molar-refractivity contribution in [2.45, 2.75) is 30.8 Å². The third-order valence-corrected chi connectivity index (χ3v) is 6.06. The Hall–Kier alpha value is -1.77. The van der Waals surface area contributed by atoms with Gasteiger partial charge in [-0.25, -0.2) is 8.42 Å². The first-order valence-corrected chi connectivity index (χ1v) is 8.43. The van der Waals surface area contributed by atoms with Crippen LogP contribution in [0, 0.1) is 13.8 Å². The Morgan fingerprint density at radius 1 is 1.36 bits per heavy atom. The highest BCUT2D eigenvalue weighted by Crippen LogP contribution is 2.34. The average Bonchev–Trinajstić information content (AvgIpc) is 3.08. The zero-order valence-corrected chi connectivity index (χ0v) is 13.3. The van der Waals surface area contributed by atoms with Crippen LogP contribution >= 0.6 is 0 Å². The first kappa shape index (κ1) is 15.1. The van der Waals surface area contributed by atoms with Gasteiger partial charge in [0.15, 0.2) is 0 Å². The molecule has 7 nitrogen and oxygen atoms in total. The van der Waals surface area contributed by atoms with E-state index in [2.05, 4.69) is 15.4 Å². The van der Waals surface area contributed by atoms with Crippen LogP contribution in [0.2, 0.25) is 0 Å². The van der Waals surface area contributed by atoms with Crippen LogP contribution in [0.5, 0.6) is 0 Å². The minimum atomic E-state index is -3.63. The molecule has 1 aromatic carbocycles. The van der Waals surface area contributed by atoms with Gasteiger partial charge in [-0.15, -0.1) is 0 Å². The van der Waals surface area contributed by atoms with Gasteiger partial charge in [0.2, 0.25) is 10.0 Å². The molecule has 0 spiro atoms. The third-order valence-electron chi connectivity index (χ3n) is 4.05. The Kier molecular flexibility index (Phi) is 3.54. The Morgan fingerprint density at radius 2 is 2.14 bits per heavy atom. The number of hydrogen-bond acceptors (Lipinski definition) is 5. The average molecular weight is 322 g/mol. The lowest BCUT2D eigenvalue weighted by Gasteiger charge is -2.21. The maximum Gasteiger partial charge on any atom is 0.243 e. The molecule has 0 bridgehead atoms. The Morgan fingerprint density at radius 3 is 2.77 bits per heavy atom. The quantitative estimate of drug-likeness (QED) is 0.867.